The van der Waals surface area contributed by atoms with E-state index in [2.05, 4.69) is 78.0 Å². The topological polar surface area (TPSA) is 42.2 Å². The van der Waals surface area contributed by atoms with Gasteiger partial charge in [-0.3, -0.25) is 4.79 Å². The number of benzene rings is 2. The van der Waals surface area contributed by atoms with Crippen LogP contribution in [0.4, 0.5) is 5.69 Å². The molecule has 3 rings (SSSR count). The monoisotopic (exact) mass is 391 g/mol. The summed E-state index contributed by atoms with van der Waals surface area (Å²) in [6.07, 6.45) is 2.33. The summed E-state index contributed by atoms with van der Waals surface area (Å²) in [4.78, 5) is 12.6. The zero-order chi connectivity index (χ0) is 21.5. The van der Waals surface area contributed by atoms with Crippen molar-refractivity contribution >= 4 is 22.6 Å². The molecule has 0 unspecified atom stereocenters. The standard InChI is InChI=1S/C26H33NO2/c1-15(2)19-9-11-20(12-10-19)21-14-29-25-17(4)16(3)24(18(5)23(21)25)27-22(28)13-26(6,7)8/h9-12,14-15H,13H2,1-8H3,(H,27,28). The maximum atomic E-state index is 12.6. The first-order valence-corrected chi connectivity index (χ1v) is 10.4. The Bertz CT molecular complexity index is 1050. The second-order valence-corrected chi connectivity index (χ2v) is 9.67. The Hall–Kier alpha value is -2.55. The van der Waals surface area contributed by atoms with Gasteiger partial charge in [0.1, 0.15) is 5.58 Å². The number of aryl methyl sites for hydroxylation is 2. The number of fused-ring (bicyclic) bond motifs is 1. The van der Waals surface area contributed by atoms with Gasteiger partial charge >= 0.3 is 0 Å². The lowest BCUT2D eigenvalue weighted by Gasteiger charge is -2.20. The van der Waals surface area contributed by atoms with Crippen molar-refractivity contribution in [2.24, 2.45) is 5.41 Å². The van der Waals surface area contributed by atoms with Crippen LogP contribution >= 0.6 is 0 Å². The summed E-state index contributed by atoms with van der Waals surface area (Å²) < 4.78 is 6.00. The normalized spacial score (nSPS) is 12.0. The van der Waals surface area contributed by atoms with Gasteiger partial charge < -0.3 is 9.73 Å². The molecule has 0 aliphatic carbocycles. The third kappa shape index (κ3) is 4.24. The number of hydrogen-bond acceptors (Lipinski definition) is 2. The minimum Gasteiger partial charge on any atom is -0.463 e. The van der Waals surface area contributed by atoms with Gasteiger partial charge in [0, 0.05) is 23.1 Å². The van der Waals surface area contributed by atoms with Crippen molar-refractivity contribution in [3.8, 4) is 11.1 Å². The van der Waals surface area contributed by atoms with Crippen LogP contribution < -0.4 is 5.32 Å². The molecule has 1 heterocycles. The summed E-state index contributed by atoms with van der Waals surface area (Å²) in [5.41, 5.74) is 8.47. The van der Waals surface area contributed by atoms with Crippen LogP contribution in [0.5, 0.6) is 0 Å². The van der Waals surface area contributed by atoms with Crippen LogP contribution in [-0.4, -0.2) is 5.91 Å². The van der Waals surface area contributed by atoms with E-state index in [1.807, 2.05) is 13.2 Å². The third-order valence-electron chi connectivity index (χ3n) is 5.66. The lowest BCUT2D eigenvalue weighted by molar-refractivity contribution is -0.117. The van der Waals surface area contributed by atoms with E-state index >= 15 is 0 Å². The zero-order valence-corrected chi connectivity index (χ0v) is 19.0. The van der Waals surface area contributed by atoms with E-state index in [-0.39, 0.29) is 11.3 Å². The molecule has 0 aliphatic heterocycles. The maximum absolute atomic E-state index is 12.6. The highest BCUT2D eigenvalue weighted by Gasteiger charge is 2.22. The van der Waals surface area contributed by atoms with E-state index in [1.54, 1.807) is 0 Å². The molecule has 0 saturated heterocycles. The molecule has 29 heavy (non-hydrogen) atoms. The zero-order valence-electron chi connectivity index (χ0n) is 19.0. The van der Waals surface area contributed by atoms with E-state index in [4.69, 9.17) is 4.42 Å². The minimum absolute atomic E-state index is 0.0498. The second kappa shape index (κ2) is 7.70. The number of anilines is 1. The Labute approximate surface area is 174 Å². The average molecular weight is 392 g/mol. The SMILES string of the molecule is Cc1c(NC(=O)CC(C)(C)C)c(C)c2c(-c3ccc(C(C)C)cc3)coc2c1C. The van der Waals surface area contributed by atoms with Crippen LogP contribution in [-0.2, 0) is 4.79 Å². The predicted octanol–water partition coefficient (Wildman–Crippen LogP) is 7.52. The number of hydrogen-bond donors (Lipinski definition) is 1. The molecule has 1 amide bonds. The lowest BCUT2D eigenvalue weighted by Crippen LogP contribution is -2.20. The largest absolute Gasteiger partial charge is 0.463 e. The predicted molar refractivity (Wildman–Crippen MR) is 123 cm³/mol. The number of rotatable bonds is 4. The molecular weight excluding hydrogens is 358 g/mol. The Morgan fingerprint density at radius 1 is 1.00 bits per heavy atom. The van der Waals surface area contributed by atoms with Gasteiger partial charge in [-0.25, -0.2) is 0 Å². The average Bonchev–Trinajstić information content (AvgIpc) is 3.07. The minimum atomic E-state index is -0.0516. The molecule has 3 heteroatoms. The van der Waals surface area contributed by atoms with Crippen molar-refractivity contribution in [2.75, 3.05) is 5.32 Å². The van der Waals surface area contributed by atoms with Crippen molar-refractivity contribution < 1.29 is 9.21 Å². The fourth-order valence-electron chi connectivity index (χ4n) is 3.88. The number of carbonyl (C=O) groups excluding carboxylic acids is 1. The maximum Gasteiger partial charge on any atom is 0.224 e. The molecule has 0 saturated carbocycles. The van der Waals surface area contributed by atoms with E-state index in [9.17, 15) is 4.79 Å². The fraction of sp³-hybridized carbons (Fsp3) is 0.423. The van der Waals surface area contributed by atoms with Crippen LogP contribution in [0.3, 0.4) is 0 Å². The van der Waals surface area contributed by atoms with Gasteiger partial charge in [-0.2, -0.15) is 0 Å². The summed E-state index contributed by atoms with van der Waals surface area (Å²) in [5.74, 6) is 0.551. The summed E-state index contributed by atoms with van der Waals surface area (Å²) in [6.45, 7) is 16.8. The van der Waals surface area contributed by atoms with Crippen molar-refractivity contribution in [2.45, 2.75) is 67.7 Å². The van der Waals surface area contributed by atoms with Crippen molar-refractivity contribution in [1.82, 2.24) is 0 Å². The molecule has 0 atom stereocenters. The van der Waals surface area contributed by atoms with Crippen molar-refractivity contribution in [3.63, 3.8) is 0 Å². The van der Waals surface area contributed by atoms with Crippen LogP contribution in [0.25, 0.3) is 22.1 Å². The van der Waals surface area contributed by atoms with Gasteiger partial charge in [0.15, 0.2) is 0 Å². The summed E-state index contributed by atoms with van der Waals surface area (Å²) in [7, 11) is 0. The Kier molecular flexibility index (Phi) is 5.62. The molecule has 2 aromatic carbocycles. The highest BCUT2D eigenvalue weighted by atomic mass is 16.3. The Morgan fingerprint density at radius 2 is 1.62 bits per heavy atom. The molecule has 0 fully saturated rings. The number of furan rings is 1. The first-order valence-electron chi connectivity index (χ1n) is 10.4. The van der Waals surface area contributed by atoms with Crippen LogP contribution in [0.2, 0.25) is 0 Å². The van der Waals surface area contributed by atoms with Gasteiger partial charge in [0.05, 0.1) is 6.26 Å². The number of carbonyl (C=O) groups is 1. The molecular formula is C26H33NO2. The second-order valence-electron chi connectivity index (χ2n) is 9.67. The molecule has 154 valence electrons. The van der Waals surface area contributed by atoms with Crippen molar-refractivity contribution in [3.05, 3.63) is 52.8 Å². The Morgan fingerprint density at radius 3 is 2.17 bits per heavy atom. The quantitative estimate of drug-likeness (QED) is 0.499. The summed E-state index contributed by atoms with van der Waals surface area (Å²) in [6, 6.07) is 8.68. The smallest absolute Gasteiger partial charge is 0.224 e. The first kappa shape index (κ1) is 21.2. The molecule has 3 nitrogen and oxygen atoms in total. The van der Waals surface area contributed by atoms with Crippen molar-refractivity contribution in [1.29, 1.82) is 0 Å². The van der Waals surface area contributed by atoms with Crippen LogP contribution in [0, 0.1) is 26.2 Å². The summed E-state index contributed by atoms with van der Waals surface area (Å²) >= 11 is 0. The fourth-order valence-corrected chi connectivity index (χ4v) is 3.88. The van der Waals surface area contributed by atoms with E-state index in [0.29, 0.717) is 12.3 Å². The van der Waals surface area contributed by atoms with E-state index in [0.717, 1.165) is 44.5 Å². The Balaban J connectivity index is 2.11. The van der Waals surface area contributed by atoms with Crippen LogP contribution in [0.1, 0.15) is 69.2 Å². The van der Waals surface area contributed by atoms with E-state index in [1.165, 1.54) is 5.56 Å². The third-order valence-corrected chi connectivity index (χ3v) is 5.66. The molecule has 0 bridgehead atoms. The highest BCUT2D eigenvalue weighted by Crippen LogP contribution is 2.40. The van der Waals surface area contributed by atoms with Gasteiger partial charge in [-0.05, 0) is 59.9 Å². The van der Waals surface area contributed by atoms with Crippen LogP contribution in [0.15, 0.2) is 34.9 Å². The lowest BCUT2D eigenvalue weighted by atomic mass is 9.91. The number of amides is 1. The molecule has 0 aliphatic rings. The van der Waals surface area contributed by atoms with Gasteiger partial charge in [-0.15, -0.1) is 0 Å². The molecule has 3 aromatic rings. The van der Waals surface area contributed by atoms with E-state index < -0.39 is 0 Å². The van der Waals surface area contributed by atoms with Gasteiger partial charge in [0.2, 0.25) is 5.91 Å². The molecule has 0 spiro atoms. The van der Waals surface area contributed by atoms with Gasteiger partial charge in [-0.1, -0.05) is 58.9 Å². The molecule has 1 aromatic heterocycles. The molecule has 0 radical (unpaired) electrons. The summed E-state index contributed by atoms with van der Waals surface area (Å²) in [5, 5.41) is 4.26. The number of nitrogens with one attached hydrogen (secondary N) is 1. The highest BCUT2D eigenvalue weighted by molar-refractivity contribution is 6.04. The first-order chi connectivity index (χ1) is 13.5. The molecule has 1 N–H and O–H groups in total. The van der Waals surface area contributed by atoms with Gasteiger partial charge in [0.25, 0.3) is 0 Å².